The van der Waals surface area contributed by atoms with E-state index in [-0.39, 0.29) is 5.69 Å². The van der Waals surface area contributed by atoms with Crippen molar-refractivity contribution >= 4 is 45.3 Å². The van der Waals surface area contributed by atoms with Crippen LogP contribution >= 0.6 is 0 Å². The Morgan fingerprint density at radius 1 is 1.11 bits per heavy atom. The zero-order chi connectivity index (χ0) is 25.2. The molecule has 0 saturated carbocycles. The molecule has 0 saturated heterocycles. The molecule has 35 heavy (non-hydrogen) atoms. The number of nitrogens with one attached hydrogen (secondary N) is 3. The summed E-state index contributed by atoms with van der Waals surface area (Å²) < 4.78 is 42.0. The first-order valence-electron chi connectivity index (χ1n) is 10.2. The maximum Gasteiger partial charge on any atom is 0.418 e. The SMILES string of the molecule is C=CC(=O)Nc1cc(-n2c(=O)ccc3cnc4ccc(N/C=C\C=N)cc4c32)ccc1C(F)(F)F. The van der Waals surface area contributed by atoms with E-state index in [1.54, 1.807) is 36.7 Å². The number of amides is 1. The third-order valence-electron chi connectivity index (χ3n) is 5.17. The molecule has 4 aromatic rings. The summed E-state index contributed by atoms with van der Waals surface area (Å²) >= 11 is 0. The van der Waals surface area contributed by atoms with Gasteiger partial charge in [0, 0.05) is 41.1 Å². The van der Waals surface area contributed by atoms with Crippen LogP contribution in [0.4, 0.5) is 24.5 Å². The fourth-order valence-corrected chi connectivity index (χ4v) is 3.66. The van der Waals surface area contributed by atoms with Crippen molar-refractivity contribution in [3.63, 3.8) is 0 Å². The van der Waals surface area contributed by atoms with Crippen LogP contribution in [-0.2, 0) is 11.0 Å². The average Bonchev–Trinajstić information content (AvgIpc) is 2.83. The minimum absolute atomic E-state index is 0.127. The van der Waals surface area contributed by atoms with Gasteiger partial charge in [0.25, 0.3) is 5.56 Å². The Morgan fingerprint density at radius 3 is 2.63 bits per heavy atom. The quantitative estimate of drug-likeness (QED) is 0.200. The van der Waals surface area contributed by atoms with E-state index in [4.69, 9.17) is 5.41 Å². The Hall–Kier alpha value is -4.73. The molecule has 7 nitrogen and oxygen atoms in total. The Labute approximate surface area is 196 Å². The molecule has 0 aliphatic carbocycles. The third-order valence-corrected chi connectivity index (χ3v) is 5.17. The standard InChI is InChI=1S/C25H18F3N5O2/c1-2-22(34)32-21-13-17(6-7-19(21)25(26,27)28)33-23(35)9-4-15-14-31-20-8-5-16(30-11-3-10-29)12-18(20)24(15)33/h2-14,29-30H,1H2,(H,32,34)/b11-3-,29-10?. The van der Waals surface area contributed by atoms with Gasteiger partial charge in [-0.25, -0.2) is 0 Å². The molecule has 176 valence electrons. The van der Waals surface area contributed by atoms with E-state index in [0.717, 1.165) is 24.4 Å². The molecule has 10 heteroatoms. The number of anilines is 2. The zero-order valence-electron chi connectivity index (χ0n) is 18.1. The van der Waals surface area contributed by atoms with E-state index < -0.39 is 28.9 Å². The molecule has 1 amide bonds. The summed E-state index contributed by atoms with van der Waals surface area (Å²) in [6.45, 7) is 3.27. The number of halogens is 3. The summed E-state index contributed by atoms with van der Waals surface area (Å²) in [4.78, 5) is 29.2. The molecule has 0 unspecified atom stereocenters. The highest BCUT2D eigenvalue weighted by Gasteiger charge is 2.34. The molecule has 0 aliphatic heterocycles. The normalized spacial score (nSPS) is 11.6. The fourth-order valence-electron chi connectivity index (χ4n) is 3.66. The minimum Gasteiger partial charge on any atom is -0.362 e. The van der Waals surface area contributed by atoms with Crippen molar-refractivity contribution in [1.82, 2.24) is 9.55 Å². The van der Waals surface area contributed by atoms with Crippen LogP contribution in [0.5, 0.6) is 0 Å². The molecule has 2 aromatic carbocycles. The first-order chi connectivity index (χ1) is 16.7. The number of hydrogen-bond donors (Lipinski definition) is 3. The molecule has 0 radical (unpaired) electrons. The van der Waals surface area contributed by atoms with Crippen LogP contribution in [0.2, 0.25) is 0 Å². The molecule has 0 atom stereocenters. The number of rotatable bonds is 6. The first kappa shape index (κ1) is 23.4. The van der Waals surface area contributed by atoms with Gasteiger partial charge in [-0.2, -0.15) is 13.2 Å². The van der Waals surface area contributed by atoms with Gasteiger partial charge < -0.3 is 16.0 Å². The zero-order valence-corrected chi connectivity index (χ0v) is 18.1. The van der Waals surface area contributed by atoms with Crippen LogP contribution in [0.25, 0.3) is 27.5 Å². The van der Waals surface area contributed by atoms with E-state index in [9.17, 15) is 22.8 Å². The number of carbonyl (C=O) groups excluding carboxylic acids is 1. The van der Waals surface area contributed by atoms with Crippen molar-refractivity contribution in [3.05, 3.63) is 95.6 Å². The van der Waals surface area contributed by atoms with Crippen molar-refractivity contribution in [1.29, 1.82) is 5.41 Å². The molecular weight excluding hydrogens is 459 g/mol. The van der Waals surface area contributed by atoms with Gasteiger partial charge in [-0.1, -0.05) is 6.58 Å². The highest BCUT2D eigenvalue weighted by atomic mass is 19.4. The largest absolute Gasteiger partial charge is 0.418 e. The third kappa shape index (κ3) is 4.67. The lowest BCUT2D eigenvalue weighted by Crippen LogP contribution is -2.20. The lowest BCUT2D eigenvalue weighted by atomic mass is 10.1. The predicted octanol–water partition coefficient (Wildman–Crippen LogP) is 5.26. The number of nitrogens with zero attached hydrogens (tertiary/aromatic N) is 2. The molecular formula is C25H18F3N5O2. The number of benzene rings is 2. The maximum absolute atomic E-state index is 13.6. The van der Waals surface area contributed by atoms with Gasteiger partial charge in [-0.05, 0) is 54.6 Å². The van der Waals surface area contributed by atoms with Gasteiger partial charge in [0.1, 0.15) is 0 Å². The van der Waals surface area contributed by atoms with Crippen LogP contribution in [0.1, 0.15) is 5.56 Å². The van der Waals surface area contributed by atoms with Gasteiger partial charge >= 0.3 is 6.18 Å². The Balaban J connectivity index is 2.01. The van der Waals surface area contributed by atoms with E-state index in [1.165, 1.54) is 22.8 Å². The monoisotopic (exact) mass is 477 g/mol. The van der Waals surface area contributed by atoms with E-state index in [0.29, 0.717) is 27.5 Å². The van der Waals surface area contributed by atoms with Crippen LogP contribution in [0.15, 0.2) is 84.5 Å². The minimum atomic E-state index is -4.73. The van der Waals surface area contributed by atoms with Crippen LogP contribution in [0, 0.1) is 5.41 Å². The highest BCUT2D eigenvalue weighted by molar-refractivity contribution is 6.05. The van der Waals surface area contributed by atoms with E-state index in [2.05, 4.69) is 22.2 Å². The first-order valence-corrected chi connectivity index (χ1v) is 10.2. The summed E-state index contributed by atoms with van der Waals surface area (Å²) in [5, 5.41) is 13.4. The fraction of sp³-hybridized carbons (Fsp3) is 0.0400. The van der Waals surface area contributed by atoms with Crippen molar-refractivity contribution in [2.24, 2.45) is 0 Å². The van der Waals surface area contributed by atoms with Gasteiger partial charge in [-0.15, -0.1) is 0 Å². The maximum atomic E-state index is 13.6. The number of aromatic nitrogens is 2. The summed E-state index contributed by atoms with van der Waals surface area (Å²) in [5.74, 6) is -0.818. The van der Waals surface area contributed by atoms with Gasteiger partial charge in [0.2, 0.25) is 5.91 Å². The van der Waals surface area contributed by atoms with Crippen molar-refractivity contribution < 1.29 is 18.0 Å². The van der Waals surface area contributed by atoms with Gasteiger partial charge in [0.15, 0.2) is 0 Å². The lowest BCUT2D eigenvalue weighted by molar-refractivity contribution is -0.136. The summed E-state index contributed by atoms with van der Waals surface area (Å²) in [5.41, 5.74) is -0.259. The van der Waals surface area contributed by atoms with Gasteiger partial charge in [0.05, 0.1) is 28.0 Å². The Bertz CT molecular complexity index is 1570. The summed E-state index contributed by atoms with van der Waals surface area (Å²) in [6, 6.07) is 11.2. The molecule has 0 spiro atoms. The molecule has 0 bridgehead atoms. The highest BCUT2D eigenvalue weighted by Crippen LogP contribution is 2.36. The van der Waals surface area contributed by atoms with E-state index in [1.807, 2.05) is 0 Å². The smallest absolute Gasteiger partial charge is 0.362 e. The molecule has 4 rings (SSSR count). The summed E-state index contributed by atoms with van der Waals surface area (Å²) in [7, 11) is 0. The number of alkyl halides is 3. The van der Waals surface area contributed by atoms with Crippen LogP contribution in [-0.4, -0.2) is 21.7 Å². The van der Waals surface area contributed by atoms with Crippen molar-refractivity contribution in [2.45, 2.75) is 6.18 Å². The predicted molar refractivity (Wildman–Crippen MR) is 130 cm³/mol. The Morgan fingerprint density at radius 2 is 1.91 bits per heavy atom. The average molecular weight is 477 g/mol. The van der Waals surface area contributed by atoms with Gasteiger partial charge in [-0.3, -0.25) is 19.1 Å². The number of hydrogen-bond acceptors (Lipinski definition) is 5. The molecule has 2 heterocycles. The second-order valence-electron chi connectivity index (χ2n) is 7.39. The second-order valence-corrected chi connectivity index (χ2v) is 7.39. The number of carbonyl (C=O) groups is 1. The van der Waals surface area contributed by atoms with E-state index >= 15 is 0 Å². The topological polar surface area (TPSA) is 99.9 Å². The number of fused-ring (bicyclic) bond motifs is 3. The molecule has 0 fully saturated rings. The van der Waals surface area contributed by atoms with Crippen molar-refractivity contribution in [2.75, 3.05) is 10.6 Å². The molecule has 0 aliphatic rings. The molecule has 2 aromatic heterocycles. The van der Waals surface area contributed by atoms with Crippen LogP contribution < -0.4 is 16.2 Å². The van der Waals surface area contributed by atoms with Crippen LogP contribution in [0.3, 0.4) is 0 Å². The number of allylic oxidation sites excluding steroid dienone is 1. The summed E-state index contributed by atoms with van der Waals surface area (Å²) in [6.07, 6.45) is 1.86. The molecule has 3 N–H and O–H groups in total. The van der Waals surface area contributed by atoms with Crippen molar-refractivity contribution in [3.8, 4) is 5.69 Å². The second kappa shape index (κ2) is 9.26. The Kier molecular flexibility index (Phi) is 6.20. The lowest BCUT2D eigenvalue weighted by Gasteiger charge is -2.17. The number of pyridine rings is 2.